The van der Waals surface area contributed by atoms with Crippen molar-refractivity contribution in [2.45, 2.75) is 46.0 Å². The Balaban J connectivity index is 2.34. The van der Waals surface area contributed by atoms with Crippen LogP contribution in [0.1, 0.15) is 62.3 Å². The summed E-state index contributed by atoms with van der Waals surface area (Å²) in [5.41, 5.74) is -0.0149. The molecule has 1 atom stereocenters. The number of rotatable bonds is 4. The molecule has 1 unspecified atom stereocenters. The zero-order valence-electron chi connectivity index (χ0n) is 11.0. The second-order valence-corrected chi connectivity index (χ2v) is 5.36. The number of nitrogens with zero attached hydrogens (tertiary/aromatic N) is 1. The molecule has 1 saturated carbocycles. The molecule has 1 aliphatic carbocycles. The van der Waals surface area contributed by atoms with Gasteiger partial charge in [0.25, 0.3) is 0 Å². The fraction of sp³-hybridized carbons (Fsp3) is 0.692. The summed E-state index contributed by atoms with van der Waals surface area (Å²) < 4.78 is 10.7. The van der Waals surface area contributed by atoms with E-state index in [1.165, 1.54) is 0 Å². The second kappa shape index (κ2) is 4.63. The van der Waals surface area contributed by atoms with Gasteiger partial charge in [-0.2, -0.15) is 0 Å². The minimum atomic E-state index is -1.11. The van der Waals surface area contributed by atoms with Crippen molar-refractivity contribution in [2.75, 3.05) is 6.61 Å². The smallest absolute Gasteiger partial charge is 0.362 e. The lowest BCUT2D eigenvalue weighted by molar-refractivity contribution is 0.0683. The first kappa shape index (κ1) is 12.9. The topological polar surface area (TPSA) is 72.6 Å². The van der Waals surface area contributed by atoms with Crippen molar-refractivity contribution in [3.63, 3.8) is 0 Å². The summed E-state index contributed by atoms with van der Waals surface area (Å²) in [5.74, 6) is -0.407. The average Bonchev–Trinajstić information content (AvgIpc) is 2.82. The Hall–Kier alpha value is -1.52. The molecule has 5 nitrogen and oxygen atoms in total. The number of carboxylic acids is 1. The number of ether oxygens (including phenoxy) is 1. The van der Waals surface area contributed by atoms with E-state index in [-0.39, 0.29) is 23.0 Å². The SMILES string of the molecule is CCOc1oc(C2CCCC2(C)C)nc1C(=O)O. The van der Waals surface area contributed by atoms with Gasteiger partial charge in [0.05, 0.1) is 6.61 Å². The van der Waals surface area contributed by atoms with Gasteiger partial charge in [0.1, 0.15) is 0 Å². The predicted molar refractivity (Wildman–Crippen MR) is 65.0 cm³/mol. The summed E-state index contributed by atoms with van der Waals surface area (Å²) in [6.45, 7) is 6.47. The van der Waals surface area contributed by atoms with Gasteiger partial charge in [-0.1, -0.05) is 20.3 Å². The summed E-state index contributed by atoms with van der Waals surface area (Å²) in [4.78, 5) is 15.2. The lowest BCUT2D eigenvalue weighted by Crippen LogP contribution is -2.15. The maximum Gasteiger partial charge on any atom is 0.362 e. The molecule has 100 valence electrons. The third kappa shape index (κ3) is 2.21. The van der Waals surface area contributed by atoms with E-state index in [1.807, 2.05) is 0 Å². The van der Waals surface area contributed by atoms with Gasteiger partial charge in [-0.25, -0.2) is 9.78 Å². The standard InChI is InChI=1S/C13H19NO4/c1-4-17-12-9(11(15)16)14-10(18-12)8-6-5-7-13(8,2)3/h8H,4-7H2,1-3H3,(H,15,16). The Kier molecular flexibility index (Phi) is 3.32. The van der Waals surface area contributed by atoms with Crippen LogP contribution in [0.4, 0.5) is 0 Å². The van der Waals surface area contributed by atoms with E-state index in [0.717, 1.165) is 19.3 Å². The normalized spacial score (nSPS) is 22.1. The summed E-state index contributed by atoms with van der Waals surface area (Å²) in [5, 5.41) is 9.08. The molecule has 5 heteroatoms. The van der Waals surface area contributed by atoms with E-state index in [2.05, 4.69) is 18.8 Å². The number of hydrogen-bond donors (Lipinski definition) is 1. The van der Waals surface area contributed by atoms with Crippen LogP contribution >= 0.6 is 0 Å². The quantitative estimate of drug-likeness (QED) is 0.892. The molecule has 0 amide bonds. The molecular weight excluding hydrogens is 234 g/mol. The third-order valence-corrected chi connectivity index (χ3v) is 3.65. The Bertz CT molecular complexity index is 450. The number of carbonyl (C=O) groups is 1. The highest BCUT2D eigenvalue weighted by molar-refractivity contribution is 5.87. The van der Waals surface area contributed by atoms with Crippen LogP contribution in [0.5, 0.6) is 5.95 Å². The Morgan fingerprint density at radius 3 is 2.83 bits per heavy atom. The molecule has 1 fully saturated rings. The maximum absolute atomic E-state index is 11.1. The summed E-state index contributed by atoms with van der Waals surface area (Å²) in [6, 6.07) is 0. The Labute approximate surface area is 106 Å². The maximum atomic E-state index is 11.1. The zero-order chi connectivity index (χ0) is 13.3. The Morgan fingerprint density at radius 1 is 1.61 bits per heavy atom. The predicted octanol–water partition coefficient (Wildman–Crippen LogP) is 3.07. The van der Waals surface area contributed by atoms with Gasteiger partial charge in [0.15, 0.2) is 0 Å². The first-order valence-electron chi connectivity index (χ1n) is 6.32. The van der Waals surface area contributed by atoms with Crippen molar-refractivity contribution in [3.8, 4) is 5.95 Å². The van der Waals surface area contributed by atoms with Gasteiger partial charge < -0.3 is 14.3 Å². The first-order chi connectivity index (χ1) is 8.45. The molecule has 18 heavy (non-hydrogen) atoms. The molecule has 1 aliphatic rings. The molecule has 0 saturated heterocycles. The van der Waals surface area contributed by atoms with Gasteiger partial charge in [0.2, 0.25) is 11.6 Å². The van der Waals surface area contributed by atoms with E-state index in [9.17, 15) is 4.79 Å². The average molecular weight is 253 g/mol. The van der Waals surface area contributed by atoms with E-state index in [0.29, 0.717) is 12.5 Å². The van der Waals surface area contributed by atoms with Crippen LogP contribution < -0.4 is 4.74 Å². The van der Waals surface area contributed by atoms with Crippen LogP contribution in [0.15, 0.2) is 4.42 Å². The van der Waals surface area contributed by atoms with Crippen LogP contribution in [0.2, 0.25) is 0 Å². The minimum Gasteiger partial charge on any atom is -0.476 e. The van der Waals surface area contributed by atoms with Gasteiger partial charge in [0, 0.05) is 5.92 Å². The largest absolute Gasteiger partial charge is 0.476 e. The third-order valence-electron chi connectivity index (χ3n) is 3.65. The lowest BCUT2D eigenvalue weighted by Gasteiger charge is -2.23. The Morgan fingerprint density at radius 2 is 2.33 bits per heavy atom. The lowest BCUT2D eigenvalue weighted by atomic mass is 9.82. The molecule has 1 aromatic rings. The molecule has 1 heterocycles. The molecule has 0 aromatic carbocycles. The number of aromatic carboxylic acids is 1. The second-order valence-electron chi connectivity index (χ2n) is 5.36. The van der Waals surface area contributed by atoms with Gasteiger partial charge in [-0.3, -0.25) is 0 Å². The highest BCUT2D eigenvalue weighted by Crippen LogP contribution is 2.49. The van der Waals surface area contributed by atoms with Crippen molar-refractivity contribution in [3.05, 3.63) is 11.6 Å². The molecule has 1 aromatic heterocycles. The molecule has 0 bridgehead atoms. The highest BCUT2D eigenvalue weighted by atomic mass is 16.6. The molecule has 2 rings (SSSR count). The minimum absolute atomic E-state index is 0.0303. The van der Waals surface area contributed by atoms with Crippen molar-refractivity contribution >= 4 is 5.97 Å². The summed E-state index contributed by atoms with van der Waals surface area (Å²) in [6.07, 6.45) is 3.21. The van der Waals surface area contributed by atoms with Gasteiger partial charge in [-0.15, -0.1) is 0 Å². The highest BCUT2D eigenvalue weighted by Gasteiger charge is 2.40. The van der Waals surface area contributed by atoms with E-state index in [1.54, 1.807) is 6.92 Å². The number of hydrogen-bond acceptors (Lipinski definition) is 4. The van der Waals surface area contributed by atoms with E-state index < -0.39 is 5.97 Å². The number of aromatic nitrogens is 1. The fourth-order valence-electron chi connectivity index (χ4n) is 2.62. The van der Waals surface area contributed by atoms with E-state index >= 15 is 0 Å². The number of oxazole rings is 1. The fourth-order valence-corrected chi connectivity index (χ4v) is 2.62. The molecule has 0 spiro atoms. The zero-order valence-corrected chi connectivity index (χ0v) is 11.0. The van der Waals surface area contributed by atoms with Crippen LogP contribution in [0.25, 0.3) is 0 Å². The summed E-state index contributed by atoms with van der Waals surface area (Å²) in [7, 11) is 0. The molecule has 0 aliphatic heterocycles. The monoisotopic (exact) mass is 253 g/mol. The van der Waals surface area contributed by atoms with Crippen molar-refractivity contribution < 1.29 is 19.1 Å². The van der Waals surface area contributed by atoms with Gasteiger partial charge >= 0.3 is 11.9 Å². The van der Waals surface area contributed by atoms with E-state index in [4.69, 9.17) is 14.3 Å². The molecule has 0 radical (unpaired) electrons. The van der Waals surface area contributed by atoms with Crippen LogP contribution in [-0.4, -0.2) is 22.7 Å². The van der Waals surface area contributed by atoms with Crippen LogP contribution in [-0.2, 0) is 0 Å². The number of carboxylic acid groups (broad SMARTS) is 1. The van der Waals surface area contributed by atoms with Gasteiger partial charge in [-0.05, 0) is 25.2 Å². The summed E-state index contributed by atoms with van der Waals surface area (Å²) >= 11 is 0. The molecule has 1 N–H and O–H groups in total. The van der Waals surface area contributed by atoms with Crippen LogP contribution in [0, 0.1) is 5.41 Å². The first-order valence-corrected chi connectivity index (χ1v) is 6.32. The van der Waals surface area contributed by atoms with Crippen LogP contribution in [0.3, 0.4) is 0 Å². The van der Waals surface area contributed by atoms with Crippen molar-refractivity contribution in [1.82, 2.24) is 4.98 Å². The van der Waals surface area contributed by atoms with Crippen molar-refractivity contribution in [2.24, 2.45) is 5.41 Å². The van der Waals surface area contributed by atoms with Crippen molar-refractivity contribution in [1.29, 1.82) is 0 Å². The molecular formula is C13H19NO4.